The zero-order valence-corrected chi connectivity index (χ0v) is 19.4. The average molecular weight is 447 g/mol. The number of benzene rings is 1. The minimum Gasteiger partial charge on any atom is -0.493 e. The summed E-state index contributed by atoms with van der Waals surface area (Å²) in [7, 11) is 3.20. The maximum atomic E-state index is 12.8. The number of nitrogen functional groups attached to an aromatic ring is 1. The van der Waals surface area contributed by atoms with Crippen LogP contribution < -0.4 is 15.2 Å². The summed E-state index contributed by atoms with van der Waals surface area (Å²) in [5, 5.41) is 1.44. The molecule has 0 saturated carbocycles. The molecule has 30 heavy (non-hydrogen) atoms. The molecular weight excluding hydrogens is 420 g/mol. The van der Waals surface area contributed by atoms with E-state index in [0.717, 1.165) is 21.3 Å². The van der Waals surface area contributed by atoms with Gasteiger partial charge in [-0.15, -0.1) is 11.3 Å². The Bertz CT molecular complexity index is 1070. The normalized spacial score (nSPS) is 11.0. The lowest BCUT2D eigenvalue weighted by Gasteiger charge is -2.21. The van der Waals surface area contributed by atoms with Crippen LogP contribution in [0.5, 0.6) is 11.5 Å². The van der Waals surface area contributed by atoms with Gasteiger partial charge in [0.2, 0.25) is 5.91 Å². The minimum atomic E-state index is 0.0121. The van der Waals surface area contributed by atoms with E-state index in [1.54, 1.807) is 30.5 Å². The van der Waals surface area contributed by atoms with Crippen LogP contribution in [0.3, 0.4) is 0 Å². The second-order valence-electron chi connectivity index (χ2n) is 6.74. The molecule has 0 saturated heterocycles. The molecule has 2 aromatic heterocycles. The summed E-state index contributed by atoms with van der Waals surface area (Å²) in [6.45, 7) is 7.12. The standard InChI is InChI=1S/C21H26N4O3S2/c1-6-25(10-14-7-8-15(27-4)16(9-14)28-5)17(26)11-29-21-23-19(22)18-12(2)13(3)30-20(18)24-21/h7-9H,6,10-11H2,1-5H3,(H2,22,23,24). The minimum absolute atomic E-state index is 0.0121. The van der Waals surface area contributed by atoms with Gasteiger partial charge in [0, 0.05) is 18.0 Å². The highest BCUT2D eigenvalue weighted by Gasteiger charge is 2.17. The third-order valence-corrected chi connectivity index (χ3v) is 6.85. The van der Waals surface area contributed by atoms with Crippen LogP contribution in [0.25, 0.3) is 10.2 Å². The van der Waals surface area contributed by atoms with Gasteiger partial charge in [0.1, 0.15) is 10.6 Å². The summed E-state index contributed by atoms with van der Waals surface area (Å²) in [6, 6.07) is 5.67. The van der Waals surface area contributed by atoms with Crippen LogP contribution in [0.4, 0.5) is 5.82 Å². The van der Waals surface area contributed by atoms with Gasteiger partial charge >= 0.3 is 0 Å². The highest BCUT2D eigenvalue weighted by Crippen LogP contribution is 2.33. The smallest absolute Gasteiger partial charge is 0.233 e. The van der Waals surface area contributed by atoms with Gasteiger partial charge in [-0.25, -0.2) is 9.97 Å². The molecule has 3 rings (SSSR count). The van der Waals surface area contributed by atoms with E-state index >= 15 is 0 Å². The van der Waals surface area contributed by atoms with Crippen molar-refractivity contribution in [1.29, 1.82) is 0 Å². The Kier molecular flexibility index (Phi) is 7.04. The third-order valence-electron chi connectivity index (χ3n) is 4.92. The monoisotopic (exact) mass is 446 g/mol. The molecule has 160 valence electrons. The lowest BCUT2D eigenvalue weighted by molar-refractivity contribution is -0.128. The molecule has 1 aromatic carbocycles. The zero-order chi connectivity index (χ0) is 21.8. The number of nitrogens with two attached hydrogens (primary N) is 1. The molecule has 0 spiro atoms. The summed E-state index contributed by atoms with van der Waals surface area (Å²) < 4.78 is 10.6. The molecule has 2 N–H and O–H groups in total. The van der Waals surface area contributed by atoms with Gasteiger partial charge < -0.3 is 20.1 Å². The number of thioether (sulfide) groups is 1. The first-order chi connectivity index (χ1) is 14.4. The number of nitrogens with zero attached hydrogens (tertiary/aromatic N) is 3. The van der Waals surface area contributed by atoms with E-state index < -0.39 is 0 Å². The van der Waals surface area contributed by atoms with Crippen LogP contribution in [0.1, 0.15) is 22.9 Å². The van der Waals surface area contributed by atoms with Crippen LogP contribution in [0, 0.1) is 13.8 Å². The maximum Gasteiger partial charge on any atom is 0.233 e. The Morgan fingerprint density at radius 2 is 1.93 bits per heavy atom. The van der Waals surface area contributed by atoms with Crippen molar-refractivity contribution in [2.75, 3.05) is 32.3 Å². The van der Waals surface area contributed by atoms with E-state index in [1.165, 1.54) is 16.6 Å². The molecule has 2 heterocycles. The molecule has 0 bridgehead atoms. The number of hydrogen-bond acceptors (Lipinski definition) is 8. The predicted molar refractivity (Wildman–Crippen MR) is 123 cm³/mol. The van der Waals surface area contributed by atoms with Crippen molar-refractivity contribution in [2.24, 2.45) is 0 Å². The van der Waals surface area contributed by atoms with Gasteiger partial charge in [0.25, 0.3) is 0 Å². The lowest BCUT2D eigenvalue weighted by Crippen LogP contribution is -2.31. The number of aromatic nitrogens is 2. The number of hydrogen-bond donors (Lipinski definition) is 1. The average Bonchev–Trinajstić information content (AvgIpc) is 3.03. The molecular formula is C21H26N4O3S2. The fourth-order valence-electron chi connectivity index (χ4n) is 3.12. The van der Waals surface area contributed by atoms with Crippen LogP contribution in [-0.4, -0.2) is 47.3 Å². The highest BCUT2D eigenvalue weighted by atomic mass is 32.2. The predicted octanol–water partition coefficient (Wildman–Crippen LogP) is 4.05. The molecule has 0 aliphatic heterocycles. The van der Waals surface area contributed by atoms with Crippen molar-refractivity contribution in [2.45, 2.75) is 32.5 Å². The fourth-order valence-corrected chi connectivity index (χ4v) is 4.97. The SMILES string of the molecule is CCN(Cc1ccc(OC)c(OC)c1)C(=O)CSc1nc(N)c2c(C)c(C)sc2n1. The lowest BCUT2D eigenvalue weighted by atomic mass is 10.2. The second-order valence-corrected chi connectivity index (χ2v) is 8.89. The van der Waals surface area contributed by atoms with Gasteiger partial charge in [-0.1, -0.05) is 17.8 Å². The Morgan fingerprint density at radius 3 is 2.60 bits per heavy atom. The van der Waals surface area contributed by atoms with Crippen LogP contribution in [0.15, 0.2) is 23.4 Å². The first kappa shape index (κ1) is 22.2. The van der Waals surface area contributed by atoms with Crippen molar-refractivity contribution < 1.29 is 14.3 Å². The number of rotatable bonds is 8. The van der Waals surface area contributed by atoms with Gasteiger partial charge in [0.05, 0.1) is 25.4 Å². The second kappa shape index (κ2) is 9.53. The number of carbonyl (C=O) groups is 1. The Labute approximate surface area is 184 Å². The zero-order valence-electron chi connectivity index (χ0n) is 17.8. The Balaban J connectivity index is 1.69. The topological polar surface area (TPSA) is 90.6 Å². The number of carbonyl (C=O) groups excluding carboxylic acids is 1. The molecule has 0 atom stereocenters. The van der Waals surface area contributed by atoms with Gasteiger partial charge in [-0.05, 0) is 44.0 Å². The molecule has 9 heteroatoms. The number of thiophene rings is 1. The van der Waals surface area contributed by atoms with E-state index in [-0.39, 0.29) is 11.7 Å². The number of fused-ring (bicyclic) bond motifs is 1. The number of aryl methyl sites for hydroxylation is 2. The van der Waals surface area contributed by atoms with E-state index in [9.17, 15) is 4.79 Å². The van der Waals surface area contributed by atoms with Crippen molar-refractivity contribution in [3.8, 4) is 11.5 Å². The Hall–Kier alpha value is -2.52. The number of methoxy groups -OCH3 is 2. The highest BCUT2D eigenvalue weighted by molar-refractivity contribution is 7.99. The first-order valence-electron chi connectivity index (χ1n) is 9.52. The fraction of sp³-hybridized carbons (Fsp3) is 0.381. The Morgan fingerprint density at radius 1 is 1.20 bits per heavy atom. The van der Waals surface area contributed by atoms with Gasteiger partial charge in [-0.2, -0.15) is 0 Å². The maximum absolute atomic E-state index is 12.8. The molecule has 0 aliphatic rings. The van der Waals surface area contributed by atoms with Crippen LogP contribution in [0.2, 0.25) is 0 Å². The number of anilines is 1. The molecule has 7 nitrogen and oxygen atoms in total. The third kappa shape index (κ3) is 4.62. The summed E-state index contributed by atoms with van der Waals surface area (Å²) in [6.07, 6.45) is 0. The molecule has 0 aliphatic carbocycles. The first-order valence-corrected chi connectivity index (χ1v) is 11.3. The molecule has 0 fully saturated rings. The number of ether oxygens (including phenoxy) is 2. The molecule has 1 amide bonds. The van der Waals surface area contributed by atoms with Crippen LogP contribution >= 0.6 is 23.1 Å². The van der Waals surface area contributed by atoms with E-state index in [4.69, 9.17) is 15.2 Å². The quantitative estimate of drug-likeness (QED) is 0.412. The van der Waals surface area contributed by atoms with Crippen molar-refractivity contribution in [3.63, 3.8) is 0 Å². The summed E-state index contributed by atoms with van der Waals surface area (Å²) in [5.74, 6) is 2.03. The largest absolute Gasteiger partial charge is 0.493 e. The van der Waals surface area contributed by atoms with E-state index in [2.05, 4.69) is 9.97 Å². The van der Waals surface area contributed by atoms with E-state index in [1.807, 2.05) is 39.0 Å². The van der Waals surface area contributed by atoms with Crippen LogP contribution in [-0.2, 0) is 11.3 Å². The molecule has 0 radical (unpaired) electrons. The summed E-state index contributed by atoms with van der Waals surface area (Å²) in [4.78, 5) is 25.6. The number of amides is 1. The van der Waals surface area contributed by atoms with Crippen molar-refractivity contribution in [1.82, 2.24) is 14.9 Å². The molecule has 3 aromatic rings. The van der Waals surface area contributed by atoms with Crippen molar-refractivity contribution in [3.05, 3.63) is 34.2 Å². The van der Waals surface area contributed by atoms with E-state index in [0.29, 0.717) is 35.6 Å². The summed E-state index contributed by atoms with van der Waals surface area (Å²) >= 11 is 2.91. The summed E-state index contributed by atoms with van der Waals surface area (Å²) in [5.41, 5.74) is 8.23. The van der Waals surface area contributed by atoms with Gasteiger partial charge in [-0.3, -0.25) is 4.79 Å². The van der Waals surface area contributed by atoms with Crippen molar-refractivity contribution >= 4 is 45.0 Å². The molecule has 0 unspecified atom stereocenters. The van der Waals surface area contributed by atoms with Gasteiger partial charge in [0.15, 0.2) is 16.7 Å².